The van der Waals surface area contributed by atoms with Crippen molar-refractivity contribution in [1.82, 2.24) is 9.78 Å². The Kier molecular flexibility index (Phi) is 4.30. The van der Waals surface area contributed by atoms with Gasteiger partial charge in [-0.3, -0.25) is 14.3 Å². The predicted molar refractivity (Wildman–Crippen MR) is 74.1 cm³/mol. The Morgan fingerprint density at radius 3 is 2.65 bits per heavy atom. The summed E-state index contributed by atoms with van der Waals surface area (Å²) in [6.07, 6.45) is 2.88. The average molecular weight is 272 g/mol. The Balaban J connectivity index is 2.14. The SMILES string of the molecule is CCOc1ccccc1C(=O)CC(=O)c1cnn(C)c1. The Bertz CT molecular complexity index is 632. The molecule has 0 N–H and O–H groups in total. The molecule has 5 nitrogen and oxygen atoms in total. The van der Waals surface area contributed by atoms with E-state index in [1.165, 1.54) is 10.9 Å². The van der Waals surface area contributed by atoms with Gasteiger partial charge in [0.05, 0.1) is 30.4 Å². The number of ketones is 2. The van der Waals surface area contributed by atoms with E-state index in [4.69, 9.17) is 4.74 Å². The summed E-state index contributed by atoms with van der Waals surface area (Å²) in [5.74, 6) is 0.0243. The zero-order valence-corrected chi connectivity index (χ0v) is 11.5. The highest BCUT2D eigenvalue weighted by Crippen LogP contribution is 2.20. The van der Waals surface area contributed by atoms with Crippen LogP contribution in [-0.4, -0.2) is 28.0 Å². The van der Waals surface area contributed by atoms with Crippen molar-refractivity contribution >= 4 is 11.6 Å². The van der Waals surface area contributed by atoms with Crippen molar-refractivity contribution < 1.29 is 14.3 Å². The zero-order valence-electron chi connectivity index (χ0n) is 11.5. The summed E-state index contributed by atoms with van der Waals surface area (Å²) in [6.45, 7) is 2.32. The van der Waals surface area contributed by atoms with Crippen molar-refractivity contribution in [3.63, 3.8) is 0 Å². The number of ether oxygens (including phenoxy) is 1. The summed E-state index contributed by atoms with van der Waals surface area (Å²) in [6, 6.07) is 6.95. The van der Waals surface area contributed by atoms with Crippen LogP contribution in [-0.2, 0) is 7.05 Å². The second-order valence-corrected chi connectivity index (χ2v) is 4.35. The highest BCUT2D eigenvalue weighted by atomic mass is 16.5. The molecule has 0 aliphatic carbocycles. The van der Waals surface area contributed by atoms with E-state index in [1.54, 1.807) is 37.5 Å². The first-order chi connectivity index (χ1) is 9.61. The molecule has 0 spiro atoms. The Labute approximate surface area is 117 Å². The molecule has 0 atom stereocenters. The number of hydrogen-bond acceptors (Lipinski definition) is 4. The summed E-state index contributed by atoms with van der Waals surface area (Å²) in [4.78, 5) is 24.2. The van der Waals surface area contributed by atoms with Crippen molar-refractivity contribution in [1.29, 1.82) is 0 Å². The summed E-state index contributed by atoms with van der Waals surface area (Å²) >= 11 is 0. The molecule has 2 aromatic rings. The van der Waals surface area contributed by atoms with E-state index in [2.05, 4.69) is 5.10 Å². The number of aromatic nitrogens is 2. The molecule has 0 amide bonds. The van der Waals surface area contributed by atoms with Crippen molar-refractivity contribution in [3.8, 4) is 5.75 Å². The fraction of sp³-hybridized carbons (Fsp3) is 0.267. The van der Waals surface area contributed by atoms with Gasteiger partial charge in [-0.25, -0.2) is 0 Å². The van der Waals surface area contributed by atoms with Gasteiger partial charge in [0, 0.05) is 13.2 Å². The third-order valence-corrected chi connectivity index (χ3v) is 2.84. The van der Waals surface area contributed by atoms with Crippen molar-refractivity contribution in [2.24, 2.45) is 7.05 Å². The molecule has 0 saturated carbocycles. The lowest BCUT2D eigenvalue weighted by atomic mass is 10.0. The Morgan fingerprint density at radius 1 is 1.25 bits per heavy atom. The molecule has 0 unspecified atom stereocenters. The maximum Gasteiger partial charge on any atom is 0.174 e. The molecular formula is C15H16N2O3. The van der Waals surface area contributed by atoms with Gasteiger partial charge in [0.1, 0.15) is 5.75 Å². The molecule has 5 heteroatoms. The molecule has 1 aromatic heterocycles. The number of hydrogen-bond donors (Lipinski definition) is 0. The molecule has 104 valence electrons. The lowest BCUT2D eigenvalue weighted by Gasteiger charge is -2.08. The first kappa shape index (κ1) is 14.0. The van der Waals surface area contributed by atoms with Gasteiger partial charge < -0.3 is 4.74 Å². The highest BCUT2D eigenvalue weighted by molar-refractivity contribution is 6.14. The van der Waals surface area contributed by atoms with Gasteiger partial charge >= 0.3 is 0 Å². The van der Waals surface area contributed by atoms with Crippen molar-refractivity contribution in [3.05, 3.63) is 47.8 Å². The summed E-state index contributed by atoms with van der Waals surface area (Å²) < 4.78 is 6.93. The summed E-state index contributed by atoms with van der Waals surface area (Å²) in [5.41, 5.74) is 0.876. The van der Waals surface area contributed by atoms with E-state index >= 15 is 0 Å². The number of carbonyl (C=O) groups excluding carboxylic acids is 2. The maximum absolute atomic E-state index is 12.2. The summed E-state index contributed by atoms with van der Waals surface area (Å²) in [5, 5.41) is 3.92. The van der Waals surface area contributed by atoms with Gasteiger partial charge in [0.25, 0.3) is 0 Å². The minimum absolute atomic E-state index is 0.185. The number of Topliss-reactive ketones (excluding diaryl/α,β-unsaturated/α-hetero) is 2. The van der Waals surface area contributed by atoms with Gasteiger partial charge in [-0.2, -0.15) is 5.10 Å². The minimum Gasteiger partial charge on any atom is -0.493 e. The number of carbonyl (C=O) groups is 2. The fourth-order valence-electron chi connectivity index (χ4n) is 1.89. The molecule has 0 saturated heterocycles. The topological polar surface area (TPSA) is 61.2 Å². The molecule has 0 radical (unpaired) electrons. The van der Waals surface area contributed by atoms with Crippen molar-refractivity contribution in [2.45, 2.75) is 13.3 Å². The van der Waals surface area contributed by atoms with Gasteiger partial charge in [-0.15, -0.1) is 0 Å². The first-order valence-corrected chi connectivity index (χ1v) is 6.38. The van der Waals surface area contributed by atoms with Crippen LogP contribution in [0.3, 0.4) is 0 Å². The molecule has 2 rings (SSSR count). The van der Waals surface area contributed by atoms with E-state index in [9.17, 15) is 9.59 Å². The third-order valence-electron chi connectivity index (χ3n) is 2.84. The quantitative estimate of drug-likeness (QED) is 0.598. The molecule has 0 bridgehead atoms. The second-order valence-electron chi connectivity index (χ2n) is 4.35. The predicted octanol–water partition coefficient (Wildman–Crippen LogP) is 2.27. The largest absolute Gasteiger partial charge is 0.493 e. The van der Waals surface area contributed by atoms with Gasteiger partial charge in [0.15, 0.2) is 11.6 Å². The molecule has 0 aliphatic heterocycles. The average Bonchev–Trinajstić information content (AvgIpc) is 2.86. The molecule has 1 heterocycles. The molecule has 1 aromatic carbocycles. The van der Waals surface area contributed by atoms with E-state index in [0.29, 0.717) is 23.5 Å². The molecule has 0 fully saturated rings. The van der Waals surface area contributed by atoms with Crippen molar-refractivity contribution in [2.75, 3.05) is 6.61 Å². The standard InChI is InChI=1S/C15H16N2O3/c1-3-20-15-7-5-4-6-12(15)14(19)8-13(18)11-9-16-17(2)10-11/h4-7,9-10H,3,8H2,1-2H3. The van der Waals surface area contributed by atoms with Crippen LogP contribution in [0.4, 0.5) is 0 Å². The normalized spacial score (nSPS) is 10.3. The second kappa shape index (κ2) is 6.14. The Hall–Kier alpha value is -2.43. The van der Waals surface area contributed by atoms with E-state index in [0.717, 1.165) is 0 Å². The van der Waals surface area contributed by atoms with Crippen LogP contribution in [0.5, 0.6) is 5.75 Å². The van der Waals surface area contributed by atoms with Gasteiger partial charge in [-0.1, -0.05) is 12.1 Å². The maximum atomic E-state index is 12.2. The number of nitrogens with zero attached hydrogens (tertiary/aromatic N) is 2. The smallest absolute Gasteiger partial charge is 0.174 e. The number of rotatable bonds is 6. The highest BCUT2D eigenvalue weighted by Gasteiger charge is 2.17. The van der Waals surface area contributed by atoms with Crippen LogP contribution in [0.15, 0.2) is 36.7 Å². The van der Waals surface area contributed by atoms with Gasteiger partial charge in [0.2, 0.25) is 0 Å². The number of aryl methyl sites for hydroxylation is 1. The summed E-state index contributed by atoms with van der Waals surface area (Å²) in [7, 11) is 1.73. The first-order valence-electron chi connectivity index (χ1n) is 6.38. The minimum atomic E-state index is -0.247. The van der Waals surface area contributed by atoms with E-state index in [-0.39, 0.29) is 18.0 Å². The lowest BCUT2D eigenvalue weighted by molar-refractivity contribution is 0.0892. The van der Waals surface area contributed by atoms with Crippen LogP contribution in [0.1, 0.15) is 34.1 Å². The van der Waals surface area contributed by atoms with Crippen LogP contribution in [0.2, 0.25) is 0 Å². The molecular weight excluding hydrogens is 256 g/mol. The number of para-hydroxylation sites is 1. The van der Waals surface area contributed by atoms with Crippen LogP contribution < -0.4 is 4.74 Å². The van der Waals surface area contributed by atoms with E-state index < -0.39 is 0 Å². The van der Waals surface area contributed by atoms with Crippen LogP contribution >= 0.6 is 0 Å². The molecule has 20 heavy (non-hydrogen) atoms. The Morgan fingerprint density at radius 2 is 2.00 bits per heavy atom. The van der Waals surface area contributed by atoms with Gasteiger partial charge in [-0.05, 0) is 19.1 Å². The third kappa shape index (κ3) is 3.12. The lowest BCUT2D eigenvalue weighted by Crippen LogP contribution is -2.10. The van der Waals surface area contributed by atoms with Crippen LogP contribution in [0.25, 0.3) is 0 Å². The fourth-order valence-corrected chi connectivity index (χ4v) is 1.89. The monoisotopic (exact) mass is 272 g/mol. The zero-order chi connectivity index (χ0) is 14.5. The number of benzene rings is 1. The van der Waals surface area contributed by atoms with E-state index in [1.807, 2.05) is 6.92 Å². The molecule has 0 aliphatic rings. The van der Waals surface area contributed by atoms with Crippen LogP contribution in [0, 0.1) is 0 Å².